The lowest BCUT2D eigenvalue weighted by atomic mass is 9.99. The van der Waals surface area contributed by atoms with E-state index in [-0.39, 0.29) is 12.4 Å². The van der Waals surface area contributed by atoms with Crippen LogP contribution in [0.4, 0.5) is 0 Å². The fraction of sp³-hybridized carbons (Fsp3) is 0.0556. The van der Waals surface area contributed by atoms with E-state index in [1.807, 2.05) is 48.8 Å². The molecule has 3 aromatic rings. The van der Waals surface area contributed by atoms with Gasteiger partial charge in [0.2, 0.25) is 0 Å². The summed E-state index contributed by atoms with van der Waals surface area (Å²) < 4.78 is 5.48. The minimum absolute atomic E-state index is 0. The van der Waals surface area contributed by atoms with Crippen LogP contribution < -0.4 is 4.74 Å². The topological polar surface area (TPSA) is 22.1 Å². The van der Waals surface area contributed by atoms with Crippen molar-refractivity contribution in [1.82, 2.24) is 4.98 Å². The van der Waals surface area contributed by atoms with Crippen LogP contribution in [0.15, 0.2) is 73.1 Å². The number of methoxy groups -OCH3 is 1. The molecule has 106 valence electrons. The third-order valence-electron chi connectivity index (χ3n) is 3.30. The van der Waals surface area contributed by atoms with Crippen LogP contribution >= 0.6 is 12.4 Å². The van der Waals surface area contributed by atoms with Gasteiger partial charge in [0.1, 0.15) is 5.75 Å². The smallest absolute Gasteiger partial charge is 0.126 e. The Bertz CT molecular complexity index is 699. The second-order valence-electron chi connectivity index (χ2n) is 4.52. The highest BCUT2D eigenvalue weighted by atomic mass is 35.5. The van der Waals surface area contributed by atoms with Gasteiger partial charge < -0.3 is 4.74 Å². The van der Waals surface area contributed by atoms with Crippen LogP contribution in [0, 0.1) is 0 Å². The van der Waals surface area contributed by atoms with E-state index in [1.54, 1.807) is 7.11 Å². The van der Waals surface area contributed by atoms with Gasteiger partial charge in [-0.25, -0.2) is 0 Å². The largest absolute Gasteiger partial charge is 0.496 e. The summed E-state index contributed by atoms with van der Waals surface area (Å²) in [7, 11) is 1.70. The molecule has 0 unspecified atom stereocenters. The number of halogens is 1. The molecule has 0 fully saturated rings. The average molecular weight is 298 g/mol. The summed E-state index contributed by atoms with van der Waals surface area (Å²) in [5.74, 6) is 0.883. The van der Waals surface area contributed by atoms with Crippen molar-refractivity contribution in [3.63, 3.8) is 0 Å². The van der Waals surface area contributed by atoms with Crippen molar-refractivity contribution in [2.45, 2.75) is 0 Å². The van der Waals surface area contributed by atoms with Crippen LogP contribution in [0.2, 0.25) is 0 Å². The van der Waals surface area contributed by atoms with E-state index in [2.05, 4.69) is 29.2 Å². The molecule has 0 N–H and O–H groups in total. The monoisotopic (exact) mass is 297 g/mol. The van der Waals surface area contributed by atoms with Crippen molar-refractivity contribution >= 4 is 12.4 Å². The summed E-state index contributed by atoms with van der Waals surface area (Å²) in [4.78, 5) is 4.06. The summed E-state index contributed by atoms with van der Waals surface area (Å²) in [6, 6.07) is 20.5. The van der Waals surface area contributed by atoms with Gasteiger partial charge in [-0.05, 0) is 41.0 Å². The van der Waals surface area contributed by atoms with Crippen molar-refractivity contribution in [1.29, 1.82) is 0 Å². The Labute approximate surface area is 130 Å². The molecule has 3 rings (SSSR count). The SMILES string of the molecule is COc1ccc(-c2ccncc2)cc1-c1ccccc1.Cl. The van der Waals surface area contributed by atoms with Crippen LogP contribution in [0.5, 0.6) is 5.75 Å². The minimum Gasteiger partial charge on any atom is -0.496 e. The van der Waals surface area contributed by atoms with Crippen molar-refractivity contribution in [2.24, 2.45) is 0 Å². The summed E-state index contributed by atoms with van der Waals surface area (Å²) in [5.41, 5.74) is 4.56. The van der Waals surface area contributed by atoms with Gasteiger partial charge in [0, 0.05) is 18.0 Å². The van der Waals surface area contributed by atoms with E-state index < -0.39 is 0 Å². The van der Waals surface area contributed by atoms with Crippen LogP contribution in [0.25, 0.3) is 22.3 Å². The molecule has 0 aliphatic heterocycles. The maximum atomic E-state index is 5.48. The highest BCUT2D eigenvalue weighted by molar-refractivity contribution is 5.85. The van der Waals surface area contributed by atoms with E-state index in [9.17, 15) is 0 Å². The van der Waals surface area contributed by atoms with Gasteiger partial charge in [-0.15, -0.1) is 12.4 Å². The molecule has 2 nitrogen and oxygen atoms in total. The molecule has 0 amide bonds. The molecule has 0 atom stereocenters. The maximum absolute atomic E-state index is 5.48. The molecule has 1 heterocycles. The van der Waals surface area contributed by atoms with Gasteiger partial charge in [0.15, 0.2) is 0 Å². The summed E-state index contributed by atoms with van der Waals surface area (Å²) in [5, 5.41) is 0. The number of pyridine rings is 1. The Morgan fingerprint density at radius 3 is 2.14 bits per heavy atom. The van der Waals surface area contributed by atoms with Crippen LogP contribution in [-0.2, 0) is 0 Å². The zero-order valence-electron chi connectivity index (χ0n) is 11.7. The number of aromatic nitrogens is 1. The number of benzene rings is 2. The lowest BCUT2D eigenvalue weighted by Crippen LogP contribution is -1.89. The van der Waals surface area contributed by atoms with E-state index >= 15 is 0 Å². The second-order valence-corrected chi connectivity index (χ2v) is 4.52. The molecule has 0 aliphatic carbocycles. The van der Waals surface area contributed by atoms with E-state index in [4.69, 9.17) is 4.74 Å². The van der Waals surface area contributed by atoms with Gasteiger partial charge in [-0.3, -0.25) is 4.98 Å². The van der Waals surface area contributed by atoms with Crippen LogP contribution in [0.1, 0.15) is 0 Å². The Morgan fingerprint density at radius 2 is 1.48 bits per heavy atom. The molecule has 21 heavy (non-hydrogen) atoms. The summed E-state index contributed by atoms with van der Waals surface area (Å²) in [6.45, 7) is 0. The average Bonchev–Trinajstić information content (AvgIpc) is 2.56. The van der Waals surface area contributed by atoms with E-state index in [0.717, 1.165) is 28.0 Å². The van der Waals surface area contributed by atoms with Crippen molar-refractivity contribution in [3.05, 3.63) is 73.1 Å². The Morgan fingerprint density at radius 1 is 0.762 bits per heavy atom. The molecule has 0 spiro atoms. The summed E-state index contributed by atoms with van der Waals surface area (Å²) >= 11 is 0. The predicted molar refractivity (Wildman–Crippen MR) is 88.9 cm³/mol. The second kappa shape index (κ2) is 6.91. The number of hydrogen-bond donors (Lipinski definition) is 0. The van der Waals surface area contributed by atoms with Gasteiger partial charge in [0.05, 0.1) is 7.11 Å². The Kier molecular flexibility index (Phi) is 4.96. The lowest BCUT2D eigenvalue weighted by molar-refractivity contribution is 0.416. The normalized spacial score (nSPS) is 9.76. The molecule has 2 aromatic carbocycles. The zero-order chi connectivity index (χ0) is 13.8. The maximum Gasteiger partial charge on any atom is 0.126 e. The molecule has 0 radical (unpaired) electrons. The van der Waals surface area contributed by atoms with Crippen molar-refractivity contribution < 1.29 is 4.74 Å². The number of nitrogens with zero attached hydrogens (tertiary/aromatic N) is 1. The first-order valence-electron chi connectivity index (χ1n) is 6.52. The highest BCUT2D eigenvalue weighted by Gasteiger charge is 2.07. The third-order valence-corrected chi connectivity index (χ3v) is 3.30. The van der Waals surface area contributed by atoms with Crippen molar-refractivity contribution in [3.8, 4) is 28.0 Å². The number of ether oxygens (including phenoxy) is 1. The van der Waals surface area contributed by atoms with E-state index in [0.29, 0.717) is 0 Å². The first-order valence-corrected chi connectivity index (χ1v) is 6.52. The van der Waals surface area contributed by atoms with Gasteiger partial charge >= 0.3 is 0 Å². The lowest BCUT2D eigenvalue weighted by Gasteiger charge is -2.11. The molecular formula is C18H16ClNO. The predicted octanol–water partition coefficient (Wildman–Crippen LogP) is 4.85. The summed E-state index contributed by atoms with van der Waals surface area (Å²) in [6.07, 6.45) is 3.61. The Balaban J connectivity index is 0.00000161. The van der Waals surface area contributed by atoms with Crippen LogP contribution in [0.3, 0.4) is 0 Å². The fourth-order valence-electron chi connectivity index (χ4n) is 2.28. The molecule has 1 aromatic heterocycles. The molecular weight excluding hydrogens is 282 g/mol. The Hall–Kier alpha value is -2.32. The number of hydrogen-bond acceptors (Lipinski definition) is 2. The van der Waals surface area contributed by atoms with E-state index in [1.165, 1.54) is 0 Å². The minimum atomic E-state index is 0. The van der Waals surface area contributed by atoms with Crippen LogP contribution in [-0.4, -0.2) is 12.1 Å². The van der Waals surface area contributed by atoms with Gasteiger partial charge in [-0.2, -0.15) is 0 Å². The first-order chi connectivity index (χ1) is 9.88. The van der Waals surface area contributed by atoms with Crippen molar-refractivity contribution in [2.75, 3.05) is 7.11 Å². The third kappa shape index (κ3) is 3.23. The molecule has 0 aliphatic rings. The standard InChI is InChI=1S/C18H15NO.ClH/c1-20-18-8-7-16(14-9-11-19-12-10-14)13-17(18)15-5-3-2-4-6-15;/h2-13H,1H3;1H. The first kappa shape index (κ1) is 15.1. The number of rotatable bonds is 3. The molecule has 0 saturated heterocycles. The zero-order valence-corrected chi connectivity index (χ0v) is 12.5. The molecule has 3 heteroatoms. The molecule has 0 bridgehead atoms. The fourth-order valence-corrected chi connectivity index (χ4v) is 2.28. The quantitative estimate of drug-likeness (QED) is 0.689. The molecule has 0 saturated carbocycles. The van der Waals surface area contributed by atoms with Gasteiger partial charge in [-0.1, -0.05) is 36.4 Å². The van der Waals surface area contributed by atoms with Gasteiger partial charge in [0.25, 0.3) is 0 Å². The highest BCUT2D eigenvalue weighted by Crippen LogP contribution is 2.33.